The molecule has 0 aliphatic carbocycles. The zero-order valence-corrected chi connectivity index (χ0v) is 14.3. The van der Waals surface area contributed by atoms with Gasteiger partial charge < -0.3 is 0 Å². The smallest absolute Gasteiger partial charge is 0.0468 e. The molecule has 0 aliphatic heterocycles. The van der Waals surface area contributed by atoms with Crippen molar-refractivity contribution < 1.29 is 0 Å². The Balaban J connectivity index is 2.63. The van der Waals surface area contributed by atoms with E-state index in [4.69, 9.17) is 0 Å². The van der Waals surface area contributed by atoms with Crippen LogP contribution in [0.15, 0.2) is 26.3 Å². The molecule has 2 aromatic rings. The van der Waals surface area contributed by atoms with Crippen LogP contribution < -0.4 is 0 Å². The highest BCUT2D eigenvalue weighted by molar-refractivity contribution is 9.11. The topological polar surface area (TPSA) is 0 Å². The van der Waals surface area contributed by atoms with E-state index in [1.807, 2.05) is 0 Å². The average Bonchev–Trinajstić information content (AvgIpc) is 2.53. The summed E-state index contributed by atoms with van der Waals surface area (Å²) in [6, 6.07) is 2.15. The van der Waals surface area contributed by atoms with Gasteiger partial charge in [-0.05, 0) is 79.2 Å². The van der Waals surface area contributed by atoms with Crippen molar-refractivity contribution in [1.29, 1.82) is 0 Å². The second-order valence-corrected chi connectivity index (χ2v) is 9.51. The molecule has 0 fully saturated rings. The Morgan fingerprint density at radius 2 is 1.62 bits per heavy atom. The van der Waals surface area contributed by atoms with E-state index in [1.54, 1.807) is 0 Å². The lowest BCUT2D eigenvalue weighted by Gasteiger charge is -2.07. The van der Waals surface area contributed by atoms with Crippen LogP contribution in [0.5, 0.6) is 0 Å². The molecule has 16 heavy (non-hydrogen) atoms. The first kappa shape index (κ1) is 12.8. The summed E-state index contributed by atoms with van der Waals surface area (Å²) >= 11 is 7.24. The van der Waals surface area contributed by atoms with Crippen molar-refractivity contribution in [2.45, 2.75) is 20.8 Å². The van der Waals surface area contributed by atoms with Crippen molar-refractivity contribution in [2.24, 2.45) is 0 Å². The normalized spacial score (nSPS) is 11.3. The molecule has 0 unspecified atom stereocenters. The predicted octanol–water partition coefficient (Wildman–Crippen LogP) is 6.69. The van der Waals surface area contributed by atoms with E-state index in [1.165, 1.54) is 38.6 Å². The molecule has 0 amide bonds. The summed E-state index contributed by atoms with van der Waals surface area (Å²) in [4.78, 5) is 0. The summed E-state index contributed by atoms with van der Waals surface area (Å²) in [5, 5.41) is 1.53. The molecule has 0 N–H and O–H groups in total. The fourth-order valence-electron chi connectivity index (χ4n) is 1.57. The fraction of sp³-hybridized carbons (Fsp3) is 0.250. The van der Waals surface area contributed by atoms with Crippen molar-refractivity contribution in [3.05, 3.63) is 43.0 Å². The lowest BCUT2D eigenvalue weighted by molar-refractivity contribution is 1.41. The van der Waals surface area contributed by atoms with Gasteiger partial charge in [0.25, 0.3) is 0 Å². The molecule has 0 radical (unpaired) electrons. The maximum atomic E-state index is 3.63. The van der Waals surface area contributed by atoms with E-state index in [0.717, 1.165) is 0 Å². The molecule has 4 heteroatoms. The van der Waals surface area contributed by atoms with Crippen LogP contribution in [-0.2, 0) is 0 Å². The molecule has 0 bridgehead atoms. The molecule has 0 nitrogen and oxygen atoms in total. The van der Waals surface area contributed by atoms with Crippen molar-refractivity contribution in [3.63, 3.8) is 0 Å². The van der Waals surface area contributed by atoms with Gasteiger partial charge in [0.05, 0.1) is 0 Å². The van der Waals surface area contributed by atoms with Gasteiger partial charge in [0, 0.05) is 13.7 Å². The van der Waals surface area contributed by atoms with Crippen LogP contribution in [0.4, 0.5) is 0 Å². The maximum absolute atomic E-state index is 3.63. The monoisotopic (exact) mass is 376 g/mol. The van der Waals surface area contributed by atoms with E-state index in [9.17, 15) is 0 Å². The molecule has 0 aliphatic rings. The van der Waals surface area contributed by atoms with Crippen LogP contribution in [0, 0.1) is 20.8 Å². The van der Waals surface area contributed by atoms with Gasteiger partial charge in [-0.3, -0.25) is 0 Å². The molecular weight excluding hydrogens is 366 g/mol. The Hall–Kier alpha value is 0.390. The largest absolute Gasteiger partial charge is 0.0877 e. The molecule has 0 atom stereocenters. The van der Waals surface area contributed by atoms with Crippen LogP contribution >= 0.6 is 47.6 Å². The second-order valence-electron chi connectivity index (χ2n) is 3.91. The van der Waals surface area contributed by atoms with Crippen LogP contribution in [0.25, 0.3) is 5.04 Å². The molecule has 2 rings (SSSR count). The lowest BCUT2D eigenvalue weighted by Crippen LogP contribution is -1.74. The zero-order chi connectivity index (χ0) is 11.9. The van der Waals surface area contributed by atoms with Gasteiger partial charge in [-0.1, -0.05) is 23.5 Å². The van der Waals surface area contributed by atoms with Crippen LogP contribution in [-0.4, -0.2) is 0 Å². The van der Waals surface area contributed by atoms with Crippen molar-refractivity contribution in [1.82, 2.24) is 0 Å². The quantitative estimate of drug-likeness (QED) is 0.519. The van der Waals surface area contributed by atoms with Gasteiger partial charge >= 0.3 is 0 Å². The van der Waals surface area contributed by atoms with Crippen LogP contribution in [0.1, 0.15) is 16.7 Å². The number of rotatable bonds is 1. The van der Waals surface area contributed by atoms with E-state index >= 15 is 0 Å². The van der Waals surface area contributed by atoms with Gasteiger partial charge in [0.1, 0.15) is 0 Å². The Kier molecular flexibility index (Phi) is 3.97. The van der Waals surface area contributed by atoms with Gasteiger partial charge in [-0.25, -0.2) is 0 Å². The lowest BCUT2D eigenvalue weighted by atomic mass is 10.2. The number of hydrogen-bond donors (Lipinski definition) is 0. The van der Waals surface area contributed by atoms with E-state index in [2.05, 4.69) is 70.3 Å². The minimum atomic E-state index is -0.213. The average molecular weight is 378 g/mol. The first-order valence-corrected chi connectivity index (χ1v) is 8.93. The maximum Gasteiger partial charge on any atom is 0.0468 e. The molecule has 0 saturated carbocycles. The molecular formula is C12H12Br2P2. The van der Waals surface area contributed by atoms with Gasteiger partial charge in [0.15, 0.2) is 0 Å². The van der Waals surface area contributed by atoms with Crippen molar-refractivity contribution in [3.8, 4) is 5.04 Å². The summed E-state index contributed by atoms with van der Waals surface area (Å²) in [5.74, 6) is 4.84. The Labute approximate surface area is 116 Å². The Morgan fingerprint density at radius 1 is 1.06 bits per heavy atom. The standard InChI is InChI=1S/C12H12Br2P2/c1-7-5-16(6-8(7)2)12-9(3)10(13)4-11(14)15-12/h4-6H,1-3H3. The highest BCUT2D eigenvalue weighted by Crippen LogP contribution is 2.52. The van der Waals surface area contributed by atoms with Crippen LogP contribution in [0.2, 0.25) is 0 Å². The Bertz CT molecular complexity index is 525. The van der Waals surface area contributed by atoms with Gasteiger partial charge in [-0.15, -0.1) is 0 Å². The molecule has 2 heterocycles. The summed E-state index contributed by atoms with van der Waals surface area (Å²) in [7, 11) is 1.11. The van der Waals surface area contributed by atoms with E-state index in [0.29, 0.717) is 0 Å². The third-order valence-electron chi connectivity index (χ3n) is 2.68. The van der Waals surface area contributed by atoms with Gasteiger partial charge in [-0.2, -0.15) is 0 Å². The number of hydrogen-bond acceptors (Lipinski definition) is 0. The van der Waals surface area contributed by atoms with E-state index in [-0.39, 0.29) is 7.53 Å². The van der Waals surface area contributed by atoms with Crippen molar-refractivity contribution in [2.75, 3.05) is 0 Å². The summed E-state index contributed by atoms with van der Waals surface area (Å²) in [6.45, 7) is 6.61. The molecule has 0 saturated heterocycles. The third kappa shape index (κ3) is 2.46. The van der Waals surface area contributed by atoms with Gasteiger partial charge in [0.2, 0.25) is 0 Å². The SMILES string of the molecule is Cc1cp(-c2pc(Br)cc(Br)c2C)cc1C. The minimum Gasteiger partial charge on any atom is -0.0877 e. The number of halogens is 2. The molecule has 84 valence electrons. The summed E-state index contributed by atoms with van der Waals surface area (Å²) in [6.07, 6.45) is 0. The first-order chi connectivity index (χ1) is 7.49. The highest BCUT2D eigenvalue weighted by atomic mass is 79.9. The fourth-order valence-corrected chi connectivity index (χ4v) is 7.84. The summed E-state index contributed by atoms with van der Waals surface area (Å²) in [5.41, 5.74) is 4.26. The minimum absolute atomic E-state index is 0.213. The predicted molar refractivity (Wildman–Crippen MR) is 82.6 cm³/mol. The Morgan fingerprint density at radius 3 is 2.19 bits per heavy atom. The first-order valence-electron chi connectivity index (χ1n) is 4.97. The van der Waals surface area contributed by atoms with Crippen LogP contribution in [0.3, 0.4) is 0 Å². The number of aryl methyl sites for hydroxylation is 2. The van der Waals surface area contributed by atoms with Crippen molar-refractivity contribution >= 4 is 47.6 Å². The zero-order valence-electron chi connectivity index (χ0n) is 9.38. The van der Waals surface area contributed by atoms with E-state index < -0.39 is 0 Å². The molecule has 0 spiro atoms. The second kappa shape index (κ2) is 4.94. The molecule has 2 aromatic heterocycles. The third-order valence-corrected chi connectivity index (χ3v) is 8.31. The highest BCUT2D eigenvalue weighted by Gasteiger charge is 2.09. The molecule has 0 aromatic carbocycles. The summed E-state index contributed by atoms with van der Waals surface area (Å²) < 4.78 is 2.45.